The van der Waals surface area contributed by atoms with Crippen LogP contribution >= 0.6 is 0 Å². The first-order chi connectivity index (χ1) is 18.1. The molecule has 1 amide bonds. The number of rotatable bonds is 9. The second kappa shape index (κ2) is 11.9. The number of aliphatic hydroxyl groups excluding tert-OH is 1. The number of nitrogens with one attached hydrogen (secondary N) is 1. The van der Waals surface area contributed by atoms with E-state index in [-0.39, 0.29) is 40.8 Å². The van der Waals surface area contributed by atoms with Crippen molar-refractivity contribution < 1.29 is 19.4 Å². The lowest BCUT2D eigenvalue weighted by atomic mass is 9.43. The van der Waals surface area contributed by atoms with Crippen molar-refractivity contribution in [2.45, 2.75) is 124 Å². The van der Waals surface area contributed by atoms with Crippen LogP contribution in [-0.4, -0.2) is 35.7 Å². The molecule has 0 radical (unpaired) electrons. The van der Waals surface area contributed by atoms with Gasteiger partial charge in [0.05, 0.1) is 24.5 Å². The predicted octanol–water partition coefficient (Wildman–Crippen LogP) is 6.02. The third kappa shape index (κ3) is 5.38. The molecule has 4 aliphatic carbocycles. The maximum Gasteiger partial charge on any atom is 0.308 e. The number of aliphatic hydroxyl groups is 1. The average molecular weight is 529 g/mol. The maximum atomic E-state index is 12.5. The van der Waals surface area contributed by atoms with Crippen LogP contribution in [0.15, 0.2) is 0 Å². The Kier molecular flexibility index (Phi) is 9.17. The molecule has 0 aliphatic heterocycles. The third-order valence-corrected chi connectivity index (χ3v) is 12.2. The van der Waals surface area contributed by atoms with Gasteiger partial charge in [0, 0.05) is 13.0 Å². The minimum Gasteiger partial charge on any atom is -0.462 e. The Hall–Kier alpha value is -1.61. The van der Waals surface area contributed by atoms with Crippen LogP contribution in [-0.2, 0) is 14.3 Å². The highest BCUT2D eigenvalue weighted by molar-refractivity contribution is 5.75. The molecule has 0 heterocycles. The van der Waals surface area contributed by atoms with Gasteiger partial charge in [-0.3, -0.25) is 9.59 Å². The lowest BCUT2D eigenvalue weighted by molar-refractivity contribution is -0.183. The summed E-state index contributed by atoms with van der Waals surface area (Å²) in [6.07, 6.45) is 10.9. The second-order valence-electron chi connectivity index (χ2n) is 13.9. The molecule has 4 aliphatic rings. The maximum absolute atomic E-state index is 12.5. The van der Waals surface area contributed by atoms with Gasteiger partial charge >= 0.3 is 5.97 Å². The zero-order chi connectivity index (χ0) is 27.7. The smallest absolute Gasteiger partial charge is 0.308 e. The molecule has 214 valence electrons. The van der Waals surface area contributed by atoms with Crippen molar-refractivity contribution in [3.05, 3.63) is 0 Å². The van der Waals surface area contributed by atoms with E-state index >= 15 is 0 Å². The molecule has 2 N–H and O–H groups in total. The van der Waals surface area contributed by atoms with E-state index in [4.69, 9.17) is 10.00 Å². The molecular formula is C32H52N2O4. The Morgan fingerprint density at radius 3 is 2.58 bits per heavy atom. The SMILES string of the molecule is CCC(C)C(=O)OC1CC[C@@]2(C)C(CCC3C2CC(O)[C@]2(C)C(C(C)CCC(=O)NCCC#N)CCC32)C1. The van der Waals surface area contributed by atoms with E-state index in [2.05, 4.69) is 32.2 Å². The largest absolute Gasteiger partial charge is 0.462 e. The Morgan fingerprint density at radius 1 is 1.11 bits per heavy atom. The van der Waals surface area contributed by atoms with E-state index in [9.17, 15) is 14.7 Å². The fraction of sp³-hybridized carbons (Fsp3) is 0.906. The van der Waals surface area contributed by atoms with E-state index in [1.165, 1.54) is 19.3 Å². The van der Waals surface area contributed by atoms with Crippen molar-refractivity contribution in [2.75, 3.05) is 6.54 Å². The van der Waals surface area contributed by atoms with E-state index in [0.717, 1.165) is 44.9 Å². The standard InChI is InChI=1S/C32H52N2O4/c1-6-20(2)30(37)38-23-14-15-31(4)22(18-23)9-10-24-26-12-11-25(32(26,5)28(35)19-27(24)31)21(3)8-13-29(36)34-17-7-16-33/h20-28,35H,6-15,17-19H2,1-5H3,(H,34,36)/t20?,21?,22?,23?,24?,25?,26?,27?,28?,31-,32+/m0/s1. The van der Waals surface area contributed by atoms with Crippen LogP contribution in [0.5, 0.6) is 0 Å². The second-order valence-corrected chi connectivity index (χ2v) is 13.9. The van der Waals surface area contributed by atoms with Crippen LogP contribution in [0.25, 0.3) is 0 Å². The van der Waals surface area contributed by atoms with Crippen LogP contribution in [0.1, 0.15) is 112 Å². The number of carbonyl (C=O) groups excluding carboxylic acids is 2. The van der Waals surface area contributed by atoms with Gasteiger partial charge in [-0.15, -0.1) is 0 Å². The highest BCUT2D eigenvalue weighted by atomic mass is 16.5. The highest BCUT2D eigenvalue weighted by Gasteiger charge is 2.63. The van der Waals surface area contributed by atoms with Crippen LogP contribution < -0.4 is 5.32 Å². The number of nitrogens with zero attached hydrogens (tertiary/aromatic N) is 1. The summed E-state index contributed by atoms with van der Waals surface area (Å²) >= 11 is 0. The van der Waals surface area contributed by atoms with Gasteiger partial charge in [0.15, 0.2) is 0 Å². The van der Waals surface area contributed by atoms with Gasteiger partial charge in [0.1, 0.15) is 6.10 Å². The molecule has 0 aromatic heterocycles. The summed E-state index contributed by atoms with van der Waals surface area (Å²) in [7, 11) is 0. The monoisotopic (exact) mass is 528 g/mol. The van der Waals surface area contributed by atoms with Gasteiger partial charge < -0.3 is 15.2 Å². The fourth-order valence-corrected chi connectivity index (χ4v) is 9.60. The Bertz CT molecular complexity index is 900. The number of amides is 1. The normalized spacial score (nSPS) is 41.6. The van der Waals surface area contributed by atoms with Crippen LogP contribution in [0.4, 0.5) is 0 Å². The summed E-state index contributed by atoms with van der Waals surface area (Å²) in [5.74, 6) is 3.12. The molecular weight excluding hydrogens is 476 g/mol. The van der Waals surface area contributed by atoms with Crippen molar-refractivity contribution in [2.24, 2.45) is 52.3 Å². The van der Waals surface area contributed by atoms with Gasteiger partial charge in [0.25, 0.3) is 0 Å². The van der Waals surface area contributed by atoms with Crippen molar-refractivity contribution in [1.29, 1.82) is 5.26 Å². The van der Waals surface area contributed by atoms with E-state index in [1.54, 1.807) is 0 Å². The molecule has 6 nitrogen and oxygen atoms in total. The molecule has 4 saturated carbocycles. The molecule has 0 saturated heterocycles. The molecule has 4 rings (SSSR count). The minimum absolute atomic E-state index is 0.0270. The summed E-state index contributed by atoms with van der Waals surface area (Å²) in [6.45, 7) is 11.5. The summed E-state index contributed by atoms with van der Waals surface area (Å²) in [5.41, 5.74) is 0.139. The van der Waals surface area contributed by atoms with E-state index < -0.39 is 0 Å². The molecule has 9 unspecified atom stereocenters. The van der Waals surface area contributed by atoms with Gasteiger partial charge in [-0.25, -0.2) is 0 Å². The lowest BCUT2D eigenvalue weighted by Gasteiger charge is -2.62. The highest BCUT2D eigenvalue weighted by Crippen LogP contribution is 2.68. The van der Waals surface area contributed by atoms with Gasteiger partial charge in [-0.2, -0.15) is 5.26 Å². The molecule has 38 heavy (non-hydrogen) atoms. The Morgan fingerprint density at radius 2 is 1.87 bits per heavy atom. The molecule has 0 bridgehead atoms. The van der Waals surface area contributed by atoms with Crippen LogP contribution in [0, 0.1) is 63.6 Å². The van der Waals surface area contributed by atoms with Gasteiger partial charge in [0.2, 0.25) is 5.91 Å². The van der Waals surface area contributed by atoms with E-state index in [1.807, 2.05) is 13.8 Å². The molecule has 0 spiro atoms. The average Bonchev–Trinajstić information content (AvgIpc) is 3.26. The van der Waals surface area contributed by atoms with Crippen molar-refractivity contribution in [3.63, 3.8) is 0 Å². The third-order valence-electron chi connectivity index (χ3n) is 12.2. The minimum atomic E-state index is -0.301. The number of ether oxygens (including phenoxy) is 1. The van der Waals surface area contributed by atoms with Crippen molar-refractivity contribution in [3.8, 4) is 6.07 Å². The molecule has 0 aromatic carbocycles. The number of carbonyl (C=O) groups is 2. The van der Waals surface area contributed by atoms with Crippen molar-refractivity contribution in [1.82, 2.24) is 5.32 Å². The number of hydrogen-bond donors (Lipinski definition) is 2. The number of nitriles is 1. The summed E-state index contributed by atoms with van der Waals surface area (Å²) in [5, 5.41) is 23.4. The fourth-order valence-electron chi connectivity index (χ4n) is 9.60. The number of hydrogen-bond acceptors (Lipinski definition) is 5. The Balaban J connectivity index is 1.40. The number of fused-ring (bicyclic) bond motifs is 5. The zero-order valence-electron chi connectivity index (χ0n) is 24.5. The number of esters is 1. The van der Waals surface area contributed by atoms with Gasteiger partial charge in [-0.1, -0.05) is 34.6 Å². The molecule has 11 atom stereocenters. The zero-order valence-corrected chi connectivity index (χ0v) is 24.5. The quantitative estimate of drug-likeness (QED) is 0.282. The molecule has 0 aromatic rings. The summed E-state index contributed by atoms with van der Waals surface area (Å²) in [4.78, 5) is 24.7. The Labute approximate surface area is 230 Å². The summed E-state index contributed by atoms with van der Waals surface area (Å²) < 4.78 is 5.96. The predicted molar refractivity (Wildman–Crippen MR) is 148 cm³/mol. The first-order valence-electron chi connectivity index (χ1n) is 15.6. The first-order valence-corrected chi connectivity index (χ1v) is 15.6. The van der Waals surface area contributed by atoms with Crippen LogP contribution in [0.3, 0.4) is 0 Å². The van der Waals surface area contributed by atoms with E-state index in [0.29, 0.717) is 54.9 Å². The van der Waals surface area contributed by atoms with Crippen LogP contribution in [0.2, 0.25) is 0 Å². The topological polar surface area (TPSA) is 99.4 Å². The van der Waals surface area contributed by atoms with Gasteiger partial charge in [-0.05, 0) is 111 Å². The first kappa shape index (κ1) is 29.4. The lowest BCUT2D eigenvalue weighted by Crippen LogP contribution is -2.59. The summed E-state index contributed by atoms with van der Waals surface area (Å²) in [6, 6.07) is 2.07. The molecule has 4 fully saturated rings. The van der Waals surface area contributed by atoms with Crippen molar-refractivity contribution >= 4 is 11.9 Å². The molecule has 6 heteroatoms.